The van der Waals surface area contributed by atoms with E-state index >= 15 is 0 Å². The number of carbonyl (C=O) groups excluding carboxylic acids is 1. The fourth-order valence-corrected chi connectivity index (χ4v) is 1.97. The standard InChI is InChI=1S/C14H19NO2/c1-10(2)11-3-5-12(6-4-11)14(16)13-9-17-8-7-15-13/h3-6,10,13,15H,7-9H2,1-2H3. The smallest absolute Gasteiger partial charge is 0.182 e. The van der Waals surface area contributed by atoms with Crippen LogP contribution in [-0.4, -0.2) is 31.6 Å². The SMILES string of the molecule is CC(C)c1ccc(C(=O)C2COCCN2)cc1. The summed E-state index contributed by atoms with van der Waals surface area (Å²) in [7, 11) is 0. The largest absolute Gasteiger partial charge is 0.378 e. The first kappa shape index (κ1) is 12.3. The molecule has 1 N–H and O–H groups in total. The van der Waals surface area contributed by atoms with Gasteiger partial charge in [0.1, 0.15) is 0 Å². The summed E-state index contributed by atoms with van der Waals surface area (Å²) >= 11 is 0. The molecule has 0 radical (unpaired) electrons. The first-order valence-corrected chi connectivity index (χ1v) is 6.14. The molecule has 1 aromatic rings. The number of Topliss-reactive ketones (excluding diaryl/α,β-unsaturated/α-hetero) is 1. The highest BCUT2D eigenvalue weighted by Gasteiger charge is 2.22. The van der Waals surface area contributed by atoms with E-state index < -0.39 is 0 Å². The van der Waals surface area contributed by atoms with E-state index in [4.69, 9.17) is 4.74 Å². The van der Waals surface area contributed by atoms with Crippen molar-refractivity contribution in [3.05, 3.63) is 35.4 Å². The zero-order chi connectivity index (χ0) is 12.3. The third kappa shape index (κ3) is 2.93. The minimum atomic E-state index is -0.186. The molecule has 0 spiro atoms. The van der Waals surface area contributed by atoms with Gasteiger partial charge in [-0.2, -0.15) is 0 Å². The number of ether oxygens (including phenoxy) is 1. The number of ketones is 1. The third-order valence-electron chi connectivity index (χ3n) is 3.10. The molecule has 1 aliphatic heterocycles. The average Bonchev–Trinajstić information content (AvgIpc) is 2.39. The Morgan fingerprint density at radius 3 is 2.59 bits per heavy atom. The quantitative estimate of drug-likeness (QED) is 0.811. The number of nitrogens with one attached hydrogen (secondary N) is 1. The van der Waals surface area contributed by atoms with E-state index in [1.54, 1.807) is 0 Å². The zero-order valence-electron chi connectivity index (χ0n) is 10.4. The van der Waals surface area contributed by atoms with Crippen molar-refractivity contribution in [2.24, 2.45) is 0 Å². The van der Waals surface area contributed by atoms with E-state index in [1.807, 2.05) is 24.3 Å². The van der Waals surface area contributed by atoms with Gasteiger partial charge in [0, 0.05) is 12.1 Å². The lowest BCUT2D eigenvalue weighted by atomic mass is 9.98. The van der Waals surface area contributed by atoms with Gasteiger partial charge in [-0.15, -0.1) is 0 Å². The Balaban J connectivity index is 2.08. The maximum atomic E-state index is 12.1. The molecule has 0 bridgehead atoms. The predicted molar refractivity (Wildman–Crippen MR) is 67.5 cm³/mol. The van der Waals surface area contributed by atoms with Gasteiger partial charge < -0.3 is 10.1 Å². The zero-order valence-corrected chi connectivity index (χ0v) is 10.4. The van der Waals surface area contributed by atoms with Crippen molar-refractivity contribution >= 4 is 5.78 Å². The van der Waals surface area contributed by atoms with Crippen molar-refractivity contribution in [2.75, 3.05) is 19.8 Å². The van der Waals surface area contributed by atoms with Gasteiger partial charge in [0.2, 0.25) is 0 Å². The third-order valence-corrected chi connectivity index (χ3v) is 3.10. The molecule has 0 aromatic heterocycles. The number of benzene rings is 1. The summed E-state index contributed by atoms with van der Waals surface area (Å²) in [6, 6.07) is 7.69. The summed E-state index contributed by atoms with van der Waals surface area (Å²) in [6.45, 7) is 6.21. The van der Waals surface area contributed by atoms with Crippen LogP contribution in [0.2, 0.25) is 0 Å². The second kappa shape index (κ2) is 5.43. The molecule has 1 atom stereocenters. The highest BCUT2D eigenvalue weighted by atomic mass is 16.5. The minimum Gasteiger partial charge on any atom is -0.378 e. The van der Waals surface area contributed by atoms with Gasteiger partial charge in [-0.3, -0.25) is 4.79 Å². The molecule has 1 heterocycles. The van der Waals surface area contributed by atoms with Crippen molar-refractivity contribution in [1.82, 2.24) is 5.32 Å². The lowest BCUT2D eigenvalue weighted by Gasteiger charge is -2.22. The summed E-state index contributed by atoms with van der Waals surface area (Å²) in [5, 5.41) is 3.18. The van der Waals surface area contributed by atoms with Crippen LogP contribution in [0.15, 0.2) is 24.3 Å². The van der Waals surface area contributed by atoms with Gasteiger partial charge in [0.15, 0.2) is 5.78 Å². The lowest BCUT2D eigenvalue weighted by Crippen LogP contribution is -2.46. The van der Waals surface area contributed by atoms with E-state index in [2.05, 4.69) is 19.2 Å². The fraction of sp³-hybridized carbons (Fsp3) is 0.500. The maximum Gasteiger partial charge on any atom is 0.182 e. The Bertz CT molecular complexity index is 378. The second-order valence-corrected chi connectivity index (χ2v) is 4.72. The van der Waals surface area contributed by atoms with Gasteiger partial charge in [0.25, 0.3) is 0 Å². The van der Waals surface area contributed by atoms with Gasteiger partial charge >= 0.3 is 0 Å². The van der Waals surface area contributed by atoms with Crippen LogP contribution in [0.1, 0.15) is 35.7 Å². The van der Waals surface area contributed by atoms with Crippen molar-refractivity contribution in [3.8, 4) is 0 Å². The van der Waals surface area contributed by atoms with Gasteiger partial charge in [0.05, 0.1) is 19.3 Å². The number of hydrogen-bond acceptors (Lipinski definition) is 3. The Labute approximate surface area is 102 Å². The fourth-order valence-electron chi connectivity index (χ4n) is 1.97. The normalized spacial score (nSPS) is 20.5. The Kier molecular flexibility index (Phi) is 3.92. The van der Waals surface area contributed by atoms with Crippen molar-refractivity contribution < 1.29 is 9.53 Å². The van der Waals surface area contributed by atoms with Crippen LogP contribution >= 0.6 is 0 Å². The molecule has 0 aliphatic carbocycles. The van der Waals surface area contributed by atoms with Crippen LogP contribution in [0.5, 0.6) is 0 Å². The molecule has 3 heteroatoms. The Hall–Kier alpha value is -1.19. The molecule has 1 aromatic carbocycles. The van der Waals surface area contributed by atoms with E-state index in [0.29, 0.717) is 19.1 Å². The highest BCUT2D eigenvalue weighted by molar-refractivity contribution is 6.00. The van der Waals surface area contributed by atoms with Gasteiger partial charge in [-0.25, -0.2) is 0 Å². The molecule has 3 nitrogen and oxygen atoms in total. The monoisotopic (exact) mass is 233 g/mol. The second-order valence-electron chi connectivity index (χ2n) is 4.72. The maximum absolute atomic E-state index is 12.1. The molecule has 0 amide bonds. The minimum absolute atomic E-state index is 0.125. The molecule has 0 saturated carbocycles. The van der Waals surface area contributed by atoms with Crippen molar-refractivity contribution in [3.63, 3.8) is 0 Å². The number of carbonyl (C=O) groups is 1. The molecular weight excluding hydrogens is 214 g/mol. The molecule has 1 fully saturated rings. The van der Waals surface area contributed by atoms with Crippen molar-refractivity contribution in [2.45, 2.75) is 25.8 Å². The van der Waals surface area contributed by atoms with Crippen LogP contribution in [-0.2, 0) is 4.74 Å². The van der Waals surface area contributed by atoms with E-state index in [9.17, 15) is 4.79 Å². The van der Waals surface area contributed by atoms with Gasteiger partial charge in [-0.05, 0) is 11.5 Å². The first-order valence-electron chi connectivity index (χ1n) is 6.14. The van der Waals surface area contributed by atoms with Crippen LogP contribution in [0, 0.1) is 0 Å². The average molecular weight is 233 g/mol. The molecule has 1 saturated heterocycles. The topological polar surface area (TPSA) is 38.3 Å². The molecule has 1 aliphatic rings. The summed E-state index contributed by atoms with van der Waals surface area (Å²) in [5.41, 5.74) is 2.02. The first-order chi connectivity index (χ1) is 8.18. The molecule has 1 unspecified atom stereocenters. The van der Waals surface area contributed by atoms with Gasteiger partial charge in [-0.1, -0.05) is 38.1 Å². The van der Waals surface area contributed by atoms with E-state index in [1.165, 1.54) is 5.56 Å². The predicted octanol–water partition coefficient (Wildman–Crippen LogP) is 1.98. The summed E-state index contributed by atoms with van der Waals surface area (Å²) in [5.74, 6) is 0.621. The Morgan fingerprint density at radius 1 is 1.35 bits per heavy atom. The number of morpholine rings is 1. The summed E-state index contributed by atoms with van der Waals surface area (Å²) in [6.07, 6.45) is 0. The molecule has 2 rings (SSSR count). The molecule has 92 valence electrons. The van der Waals surface area contributed by atoms with Crippen molar-refractivity contribution in [1.29, 1.82) is 0 Å². The van der Waals surface area contributed by atoms with Crippen LogP contribution in [0.25, 0.3) is 0 Å². The summed E-state index contributed by atoms with van der Waals surface area (Å²) in [4.78, 5) is 12.1. The van der Waals surface area contributed by atoms with Crippen LogP contribution < -0.4 is 5.32 Å². The summed E-state index contributed by atoms with van der Waals surface area (Å²) < 4.78 is 5.30. The highest BCUT2D eigenvalue weighted by Crippen LogP contribution is 2.15. The Morgan fingerprint density at radius 2 is 2.06 bits per heavy atom. The van der Waals surface area contributed by atoms with E-state index in [-0.39, 0.29) is 11.8 Å². The molecular formula is C14H19NO2. The number of rotatable bonds is 3. The molecule has 17 heavy (non-hydrogen) atoms. The van der Waals surface area contributed by atoms with E-state index in [0.717, 1.165) is 12.1 Å². The van der Waals surface area contributed by atoms with Crippen LogP contribution in [0.4, 0.5) is 0 Å². The lowest BCUT2D eigenvalue weighted by molar-refractivity contribution is 0.0607. The van der Waals surface area contributed by atoms with Crippen LogP contribution in [0.3, 0.4) is 0 Å². The number of hydrogen-bond donors (Lipinski definition) is 1.